The Morgan fingerprint density at radius 2 is 1.67 bits per heavy atom. The molecule has 4 heteroatoms. The van der Waals surface area contributed by atoms with Crippen molar-refractivity contribution >= 4 is 17.5 Å². The van der Waals surface area contributed by atoms with Gasteiger partial charge in [-0.25, -0.2) is 0 Å². The highest BCUT2D eigenvalue weighted by atomic mass is 35.5. The number of amides is 1. The normalized spacial score (nSPS) is 10.4. The summed E-state index contributed by atoms with van der Waals surface area (Å²) in [6, 6.07) is 13.7. The molecule has 0 aliphatic rings. The minimum Gasteiger partial charge on any atom is -0.355 e. The molecule has 2 aromatic rings. The van der Waals surface area contributed by atoms with Crippen LogP contribution in [0.4, 0.5) is 0 Å². The predicted molar refractivity (Wildman–Crippen MR) is 86.6 cm³/mol. The number of halogens is 1. The van der Waals surface area contributed by atoms with E-state index in [9.17, 15) is 4.79 Å². The number of hydrogen-bond acceptors (Lipinski definition) is 2. The molecular formula is C17H19ClN2O. The summed E-state index contributed by atoms with van der Waals surface area (Å²) >= 11 is 6.10. The molecule has 2 N–H and O–H groups in total. The predicted octanol–water partition coefficient (Wildman–Crippen LogP) is 3.30. The van der Waals surface area contributed by atoms with Crippen LogP contribution in [-0.2, 0) is 13.1 Å². The standard InChI is InChI=1S/C17H19ClN2O/c1-12-3-4-14(9-16(12)18)11-20-10-13-5-7-15(8-6-13)17(21)19-2/h3-9,20H,10-11H2,1-2H3,(H,19,21). The maximum absolute atomic E-state index is 11.4. The number of carbonyl (C=O) groups is 1. The summed E-state index contributed by atoms with van der Waals surface area (Å²) in [5.41, 5.74) is 4.06. The number of hydrogen-bond donors (Lipinski definition) is 2. The summed E-state index contributed by atoms with van der Waals surface area (Å²) in [5, 5.41) is 6.77. The fourth-order valence-electron chi connectivity index (χ4n) is 2.02. The van der Waals surface area contributed by atoms with Gasteiger partial charge in [0.1, 0.15) is 0 Å². The smallest absolute Gasteiger partial charge is 0.251 e. The van der Waals surface area contributed by atoms with Gasteiger partial charge in [-0.1, -0.05) is 35.9 Å². The Morgan fingerprint density at radius 3 is 2.29 bits per heavy atom. The fraction of sp³-hybridized carbons (Fsp3) is 0.235. The maximum Gasteiger partial charge on any atom is 0.251 e. The Morgan fingerprint density at radius 1 is 1.05 bits per heavy atom. The summed E-state index contributed by atoms with van der Waals surface area (Å²) in [7, 11) is 1.63. The van der Waals surface area contributed by atoms with Crippen LogP contribution in [0.15, 0.2) is 42.5 Å². The molecular weight excluding hydrogens is 284 g/mol. The molecule has 3 nitrogen and oxygen atoms in total. The van der Waals surface area contributed by atoms with Gasteiger partial charge in [-0.15, -0.1) is 0 Å². The van der Waals surface area contributed by atoms with Crippen molar-refractivity contribution in [2.24, 2.45) is 0 Å². The van der Waals surface area contributed by atoms with Gasteiger partial charge in [0, 0.05) is 30.7 Å². The number of aryl methyl sites for hydroxylation is 1. The molecule has 0 bridgehead atoms. The van der Waals surface area contributed by atoms with Gasteiger partial charge in [-0.3, -0.25) is 4.79 Å². The Hall–Kier alpha value is -1.84. The molecule has 0 heterocycles. The van der Waals surface area contributed by atoms with Crippen LogP contribution in [0.3, 0.4) is 0 Å². The van der Waals surface area contributed by atoms with Gasteiger partial charge in [-0.05, 0) is 41.8 Å². The van der Waals surface area contributed by atoms with E-state index in [2.05, 4.69) is 16.7 Å². The second-order valence-electron chi connectivity index (χ2n) is 4.96. The van der Waals surface area contributed by atoms with Gasteiger partial charge in [0.2, 0.25) is 0 Å². The molecule has 0 atom stereocenters. The molecule has 0 aliphatic heterocycles. The zero-order valence-corrected chi connectivity index (χ0v) is 13.0. The minimum absolute atomic E-state index is 0.0659. The molecule has 1 amide bonds. The number of carbonyl (C=O) groups excluding carboxylic acids is 1. The van der Waals surface area contributed by atoms with E-state index in [0.29, 0.717) is 5.56 Å². The first kappa shape index (κ1) is 15.5. The Balaban J connectivity index is 1.88. The Bertz CT molecular complexity index is 623. The first-order valence-corrected chi connectivity index (χ1v) is 7.24. The van der Waals surface area contributed by atoms with Crippen molar-refractivity contribution in [2.45, 2.75) is 20.0 Å². The van der Waals surface area contributed by atoms with Crippen molar-refractivity contribution in [2.75, 3.05) is 7.05 Å². The highest BCUT2D eigenvalue weighted by Crippen LogP contribution is 2.16. The molecule has 0 saturated carbocycles. The van der Waals surface area contributed by atoms with Crippen LogP contribution in [0.1, 0.15) is 27.0 Å². The van der Waals surface area contributed by atoms with E-state index in [1.807, 2.05) is 43.3 Å². The average Bonchev–Trinajstić information content (AvgIpc) is 2.51. The summed E-state index contributed by atoms with van der Waals surface area (Å²) in [4.78, 5) is 11.4. The SMILES string of the molecule is CNC(=O)c1ccc(CNCc2ccc(C)c(Cl)c2)cc1. The molecule has 0 fully saturated rings. The molecule has 110 valence electrons. The highest BCUT2D eigenvalue weighted by molar-refractivity contribution is 6.31. The minimum atomic E-state index is -0.0659. The topological polar surface area (TPSA) is 41.1 Å². The molecule has 0 aromatic heterocycles. The molecule has 0 radical (unpaired) electrons. The van der Waals surface area contributed by atoms with E-state index < -0.39 is 0 Å². The number of nitrogens with one attached hydrogen (secondary N) is 2. The number of benzene rings is 2. The van der Waals surface area contributed by atoms with E-state index in [-0.39, 0.29) is 5.91 Å². The van der Waals surface area contributed by atoms with Gasteiger partial charge in [0.15, 0.2) is 0 Å². The lowest BCUT2D eigenvalue weighted by atomic mass is 10.1. The van der Waals surface area contributed by atoms with E-state index in [1.54, 1.807) is 7.05 Å². The summed E-state index contributed by atoms with van der Waals surface area (Å²) in [6.45, 7) is 3.50. The fourth-order valence-corrected chi connectivity index (χ4v) is 2.22. The first-order chi connectivity index (χ1) is 10.1. The molecule has 21 heavy (non-hydrogen) atoms. The lowest BCUT2D eigenvalue weighted by molar-refractivity contribution is 0.0963. The lowest BCUT2D eigenvalue weighted by Crippen LogP contribution is -2.18. The van der Waals surface area contributed by atoms with Crippen molar-refractivity contribution in [1.82, 2.24) is 10.6 Å². The van der Waals surface area contributed by atoms with Crippen LogP contribution in [-0.4, -0.2) is 13.0 Å². The van der Waals surface area contributed by atoms with Gasteiger partial charge < -0.3 is 10.6 Å². The van der Waals surface area contributed by atoms with Crippen molar-refractivity contribution in [3.8, 4) is 0 Å². The van der Waals surface area contributed by atoms with Gasteiger partial charge in [0.25, 0.3) is 5.91 Å². The van der Waals surface area contributed by atoms with Crippen molar-refractivity contribution in [3.05, 3.63) is 69.7 Å². The quantitative estimate of drug-likeness (QED) is 0.890. The third kappa shape index (κ3) is 4.31. The van der Waals surface area contributed by atoms with Crippen LogP contribution >= 0.6 is 11.6 Å². The van der Waals surface area contributed by atoms with Gasteiger partial charge in [-0.2, -0.15) is 0 Å². The molecule has 0 spiro atoms. The molecule has 0 saturated heterocycles. The summed E-state index contributed by atoms with van der Waals surface area (Å²) in [5.74, 6) is -0.0659. The molecule has 2 aromatic carbocycles. The largest absolute Gasteiger partial charge is 0.355 e. The first-order valence-electron chi connectivity index (χ1n) is 6.87. The maximum atomic E-state index is 11.4. The van der Waals surface area contributed by atoms with Crippen molar-refractivity contribution < 1.29 is 4.79 Å². The van der Waals surface area contributed by atoms with Crippen LogP contribution < -0.4 is 10.6 Å². The van der Waals surface area contributed by atoms with Crippen molar-refractivity contribution in [3.63, 3.8) is 0 Å². The zero-order valence-electron chi connectivity index (χ0n) is 12.2. The summed E-state index contributed by atoms with van der Waals surface area (Å²) < 4.78 is 0. The lowest BCUT2D eigenvalue weighted by Gasteiger charge is -2.07. The van der Waals surface area contributed by atoms with Gasteiger partial charge >= 0.3 is 0 Å². The van der Waals surface area contributed by atoms with Crippen molar-refractivity contribution in [1.29, 1.82) is 0 Å². The Kier molecular flexibility index (Phi) is 5.37. The molecule has 0 unspecified atom stereocenters. The average molecular weight is 303 g/mol. The monoisotopic (exact) mass is 302 g/mol. The third-order valence-electron chi connectivity index (χ3n) is 3.34. The number of rotatable bonds is 5. The van der Waals surface area contributed by atoms with E-state index >= 15 is 0 Å². The molecule has 2 rings (SSSR count). The van der Waals surface area contributed by atoms with Crippen LogP contribution in [0.5, 0.6) is 0 Å². The summed E-state index contributed by atoms with van der Waals surface area (Å²) in [6.07, 6.45) is 0. The Labute approximate surface area is 130 Å². The second-order valence-corrected chi connectivity index (χ2v) is 5.37. The molecule has 0 aliphatic carbocycles. The van der Waals surface area contributed by atoms with E-state index in [0.717, 1.165) is 34.8 Å². The van der Waals surface area contributed by atoms with Gasteiger partial charge in [0.05, 0.1) is 0 Å². The van der Waals surface area contributed by atoms with E-state index in [4.69, 9.17) is 11.6 Å². The van der Waals surface area contributed by atoms with Crippen LogP contribution in [0, 0.1) is 6.92 Å². The second kappa shape index (κ2) is 7.25. The zero-order chi connectivity index (χ0) is 15.2. The highest BCUT2D eigenvalue weighted by Gasteiger charge is 2.02. The van der Waals surface area contributed by atoms with Crippen LogP contribution in [0.25, 0.3) is 0 Å². The van der Waals surface area contributed by atoms with E-state index in [1.165, 1.54) is 0 Å². The third-order valence-corrected chi connectivity index (χ3v) is 3.74. The van der Waals surface area contributed by atoms with Crippen LogP contribution in [0.2, 0.25) is 5.02 Å².